The highest BCUT2D eigenvalue weighted by atomic mass is 16.5. The second-order valence-electron chi connectivity index (χ2n) is 8.49. The van der Waals surface area contributed by atoms with Gasteiger partial charge in [-0.3, -0.25) is 14.5 Å². The van der Waals surface area contributed by atoms with E-state index in [4.69, 9.17) is 4.74 Å². The lowest BCUT2D eigenvalue weighted by atomic mass is 9.91. The van der Waals surface area contributed by atoms with Gasteiger partial charge in [0.1, 0.15) is 11.5 Å². The Bertz CT molecular complexity index is 1460. The van der Waals surface area contributed by atoms with Gasteiger partial charge in [0, 0.05) is 17.3 Å². The van der Waals surface area contributed by atoms with Crippen LogP contribution in [-0.2, 0) is 16.0 Å². The lowest BCUT2D eigenvalue weighted by Crippen LogP contribution is -2.29. The van der Waals surface area contributed by atoms with Crippen molar-refractivity contribution >= 4 is 33.9 Å². The predicted molar refractivity (Wildman–Crippen MR) is 138 cm³/mol. The topological polar surface area (TPSA) is 66.8 Å². The number of hydrogen-bond donors (Lipinski definition) is 1. The first-order valence-corrected chi connectivity index (χ1v) is 11.6. The molecule has 0 bridgehead atoms. The van der Waals surface area contributed by atoms with Crippen molar-refractivity contribution in [2.45, 2.75) is 19.4 Å². The minimum absolute atomic E-state index is 0.0680. The van der Waals surface area contributed by atoms with Crippen LogP contribution in [-0.4, -0.2) is 23.9 Å². The van der Waals surface area contributed by atoms with Gasteiger partial charge < -0.3 is 9.84 Å². The Kier molecular flexibility index (Phi) is 5.83. The van der Waals surface area contributed by atoms with Crippen molar-refractivity contribution < 1.29 is 19.4 Å². The molecule has 4 aromatic rings. The number of aryl methyl sites for hydroxylation is 1. The van der Waals surface area contributed by atoms with Gasteiger partial charge in [-0.15, -0.1) is 0 Å². The van der Waals surface area contributed by atoms with Crippen LogP contribution in [0.4, 0.5) is 5.69 Å². The average molecular weight is 464 g/mol. The van der Waals surface area contributed by atoms with E-state index in [1.165, 1.54) is 4.90 Å². The molecule has 5 rings (SSSR count). The van der Waals surface area contributed by atoms with Crippen molar-refractivity contribution in [2.75, 3.05) is 12.0 Å². The Morgan fingerprint density at radius 2 is 1.63 bits per heavy atom. The van der Waals surface area contributed by atoms with E-state index in [9.17, 15) is 14.7 Å². The van der Waals surface area contributed by atoms with Crippen LogP contribution >= 0.6 is 0 Å². The van der Waals surface area contributed by atoms with Crippen molar-refractivity contribution in [1.29, 1.82) is 0 Å². The number of aliphatic hydroxyl groups is 1. The molecule has 1 unspecified atom stereocenters. The maximum atomic E-state index is 13.5. The van der Waals surface area contributed by atoms with E-state index in [2.05, 4.69) is 6.92 Å². The number of amides is 1. The Labute approximate surface area is 203 Å². The van der Waals surface area contributed by atoms with Crippen LogP contribution in [0.2, 0.25) is 0 Å². The van der Waals surface area contributed by atoms with Gasteiger partial charge in [-0.25, -0.2) is 0 Å². The highest BCUT2D eigenvalue weighted by molar-refractivity contribution is 6.51. The smallest absolute Gasteiger partial charge is 0.300 e. The van der Waals surface area contributed by atoms with Gasteiger partial charge in [0.15, 0.2) is 0 Å². The third kappa shape index (κ3) is 3.85. The summed E-state index contributed by atoms with van der Waals surface area (Å²) >= 11 is 0. The van der Waals surface area contributed by atoms with Crippen LogP contribution in [0.15, 0.2) is 96.6 Å². The van der Waals surface area contributed by atoms with Crippen LogP contribution < -0.4 is 9.64 Å². The van der Waals surface area contributed by atoms with Gasteiger partial charge in [0.25, 0.3) is 11.7 Å². The lowest BCUT2D eigenvalue weighted by molar-refractivity contribution is -0.132. The number of ether oxygens (including phenoxy) is 1. The highest BCUT2D eigenvalue weighted by Crippen LogP contribution is 2.44. The zero-order chi connectivity index (χ0) is 24.5. The van der Waals surface area contributed by atoms with Gasteiger partial charge in [-0.1, -0.05) is 79.7 Å². The number of nitrogens with zero attached hydrogens (tertiary/aromatic N) is 1. The van der Waals surface area contributed by atoms with E-state index in [1.807, 2.05) is 54.6 Å². The van der Waals surface area contributed by atoms with Crippen LogP contribution in [0, 0.1) is 0 Å². The fourth-order valence-corrected chi connectivity index (χ4v) is 4.70. The first-order chi connectivity index (χ1) is 17.0. The standard InChI is InChI=1S/C30H25NO4/c1-3-19-14-16-21(17-15-19)28(32)26-27(25-13-6-9-20-8-4-5-12-24(20)25)31(30(34)29(26)33)22-10-7-11-23(18-22)35-2/h4-18,27,32H,3H2,1-2H3/b28-26-. The van der Waals surface area contributed by atoms with Crippen molar-refractivity contribution in [3.05, 3.63) is 113 Å². The molecule has 1 heterocycles. The Morgan fingerprint density at radius 3 is 2.37 bits per heavy atom. The molecule has 0 saturated carbocycles. The predicted octanol–water partition coefficient (Wildman–Crippen LogP) is 6.04. The Morgan fingerprint density at radius 1 is 0.914 bits per heavy atom. The SMILES string of the molecule is CCc1ccc(/C(O)=C2/C(=O)C(=O)N(c3cccc(OC)c3)C2c2cccc3ccccc23)cc1. The maximum absolute atomic E-state index is 13.5. The van der Waals surface area contributed by atoms with Crippen molar-refractivity contribution in [3.63, 3.8) is 0 Å². The summed E-state index contributed by atoms with van der Waals surface area (Å²) in [6.07, 6.45) is 0.858. The first-order valence-electron chi connectivity index (χ1n) is 11.6. The average Bonchev–Trinajstić information content (AvgIpc) is 3.17. The molecule has 5 nitrogen and oxygen atoms in total. The van der Waals surface area contributed by atoms with E-state index in [1.54, 1.807) is 43.5 Å². The van der Waals surface area contributed by atoms with Gasteiger partial charge in [0.2, 0.25) is 0 Å². The van der Waals surface area contributed by atoms with Gasteiger partial charge in [-0.2, -0.15) is 0 Å². The number of anilines is 1. The number of rotatable bonds is 5. The molecule has 0 radical (unpaired) electrons. The number of carbonyl (C=O) groups is 2. The summed E-state index contributed by atoms with van der Waals surface area (Å²) in [5, 5.41) is 13.3. The van der Waals surface area contributed by atoms with Crippen molar-refractivity contribution in [1.82, 2.24) is 0 Å². The summed E-state index contributed by atoms with van der Waals surface area (Å²) in [6, 6.07) is 27.2. The zero-order valence-corrected chi connectivity index (χ0v) is 19.6. The number of fused-ring (bicyclic) bond motifs is 1. The van der Waals surface area contributed by atoms with Crippen LogP contribution in [0.3, 0.4) is 0 Å². The summed E-state index contributed by atoms with van der Waals surface area (Å²) < 4.78 is 5.37. The number of methoxy groups -OCH3 is 1. The van der Waals surface area contributed by atoms with Crippen molar-refractivity contribution in [2.24, 2.45) is 0 Å². The Hall–Kier alpha value is -4.38. The molecule has 1 atom stereocenters. The second-order valence-corrected chi connectivity index (χ2v) is 8.49. The molecule has 1 amide bonds. The quantitative estimate of drug-likeness (QED) is 0.223. The van der Waals surface area contributed by atoms with Crippen LogP contribution in [0.5, 0.6) is 5.75 Å². The minimum Gasteiger partial charge on any atom is -0.507 e. The third-order valence-corrected chi connectivity index (χ3v) is 6.53. The molecular weight excluding hydrogens is 438 g/mol. The van der Waals surface area contributed by atoms with Crippen LogP contribution in [0.25, 0.3) is 16.5 Å². The molecule has 1 fully saturated rings. The van der Waals surface area contributed by atoms with E-state index in [0.29, 0.717) is 17.0 Å². The number of aliphatic hydroxyl groups excluding tert-OH is 1. The number of benzene rings is 4. The van der Waals surface area contributed by atoms with Gasteiger partial charge in [-0.05, 0) is 40.5 Å². The third-order valence-electron chi connectivity index (χ3n) is 6.53. The Balaban J connectivity index is 1.78. The molecule has 0 spiro atoms. The number of hydrogen-bond acceptors (Lipinski definition) is 4. The lowest BCUT2D eigenvalue weighted by Gasteiger charge is -2.26. The molecule has 0 aliphatic carbocycles. The van der Waals surface area contributed by atoms with E-state index < -0.39 is 17.7 Å². The normalized spacial score (nSPS) is 17.2. The van der Waals surface area contributed by atoms with E-state index >= 15 is 0 Å². The monoisotopic (exact) mass is 463 g/mol. The van der Waals surface area contributed by atoms with Gasteiger partial charge >= 0.3 is 0 Å². The molecular formula is C30H25NO4. The number of carbonyl (C=O) groups excluding carboxylic acids is 2. The molecule has 174 valence electrons. The molecule has 5 heteroatoms. The molecule has 1 saturated heterocycles. The van der Waals surface area contributed by atoms with E-state index in [0.717, 1.165) is 28.3 Å². The maximum Gasteiger partial charge on any atom is 0.300 e. The molecule has 1 aliphatic rings. The molecule has 1 N–H and O–H groups in total. The molecule has 0 aromatic heterocycles. The van der Waals surface area contributed by atoms with Crippen LogP contribution in [0.1, 0.15) is 29.7 Å². The van der Waals surface area contributed by atoms with Gasteiger partial charge in [0.05, 0.1) is 18.7 Å². The largest absolute Gasteiger partial charge is 0.507 e. The highest BCUT2D eigenvalue weighted by Gasteiger charge is 2.47. The molecule has 35 heavy (non-hydrogen) atoms. The zero-order valence-electron chi connectivity index (χ0n) is 19.6. The fourth-order valence-electron chi connectivity index (χ4n) is 4.70. The van der Waals surface area contributed by atoms with Crippen molar-refractivity contribution in [3.8, 4) is 5.75 Å². The summed E-state index contributed by atoms with van der Waals surface area (Å²) in [7, 11) is 1.55. The van der Waals surface area contributed by atoms with E-state index in [-0.39, 0.29) is 11.3 Å². The second kappa shape index (κ2) is 9.11. The number of ketones is 1. The molecule has 4 aromatic carbocycles. The summed E-state index contributed by atoms with van der Waals surface area (Å²) in [6.45, 7) is 2.05. The summed E-state index contributed by atoms with van der Waals surface area (Å²) in [5.41, 5.74) is 2.96. The summed E-state index contributed by atoms with van der Waals surface area (Å²) in [5.74, 6) is -1.03. The fraction of sp³-hybridized carbons (Fsp3) is 0.133. The number of Topliss-reactive ketones (excluding diaryl/α,β-unsaturated/α-hetero) is 1. The first kappa shape index (κ1) is 22.4. The minimum atomic E-state index is -0.806. The summed E-state index contributed by atoms with van der Waals surface area (Å²) in [4.78, 5) is 28.4. The molecule has 1 aliphatic heterocycles.